The number of benzene rings is 2. The predicted octanol–water partition coefficient (Wildman–Crippen LogP) is 6.21. The summed E-state index contributed by atoms with van der Waals surface area (Å²) in [6, 6.07) is 19.0. The Labute approximate surface area is 206 Å². The van der Waals surface area contributed by atoms with Crippen LogP contribution in [0.15, 0.2) is 81.3 Å². The summed E-state index contributed by atoms with van der Waals surface area (Å²) in [4.78, 5) is 28.5. The van der Waals surface area contributed by atoms with Gasteiger partial charge in [0.2, 0.25) is 0 Å². The largest absolute Gasteiger partial charge is 0.456 e. The van der Waals surface area contributed by atoms with E-state index in [1.165, 1.54) is 29.5 Å². The molecule has 0 fully saturated rings. The summed E-state index contributed by atoms with van der Waals surface area (Å²) in [6.45, 7) is 0. The third kappa shape index (κ3) is 5.46. The summed E-state index contributed by atoms with van der Waals surface area (Å²) in [5, 5.41) is 23.7. The number of nitro groups is 1. The summed E-state index contributed by atoms with van der Waals surface area (Å²) in [7, 11) is 0. The number of nitrogens with zero attached hydrogens (tertiary/aromatic N) is 3. The molecule has 10 heteroatoms. The van der Waals surface area contributed by atoms with Crippen molar-refractivity contribution in [3.8, 4) is 17.4 Å². The Bertz CT molecular complexity index is 1430. The first-order chi connectivity index (χ1) is 16.4. The number of nitrogens with one attached hydrogen (secondary N) is 1. The van der Waals surface area contributed by atoms with Crippen LogP contribution in [0.2, 0.25) is 0 Å². The maximum atomic E-state index is 12.6. The van der Waals surface area contributed by atoms with Crippen molar-refractivity contribution in [1.29, 1.82) is 5.26 Å². The number of anilines is 1. The molecule has 34 heavy (non-hydrogen) atoms. The zero-order valence-corrected chi connectivity index (χ0v) is 19.8. The lowest BCUT2D eigenvalue weighted by molar-refractivity contribution is -0.384. The highest BCUT2D eigenvalue weighted by Gasteiger charge is 2.18. The van der Waals surface area contributed by atoms with Gasteiger partial charge in [0, 0.05) is 34.1 Å². The number of nitriles is 1. The quantitative estimate of drug-likeness (QED) is 0.130. The number of rotatable bonds is 7. The van der Waals surface area contributed by atoms with Crippen LogP contribution in [0.4, 0.5) is 10.8 Å². The third-order valence-corrected chi connectivity index (χ3v) is 6.15. The number of hydrogen-bond acceptors (Lipinski definition) is 7. The lowest BCUT2D eigenvalue weighted by Gasteiger charge is -2.00. The van der Waals surface area contributed by atoms with Gasteiger partial charge in [-0.15, -0.1) is 11.3 Å². The summed E-state index contributed by atoms with van der Waals surface area (Å²) < 4.78 is 6.64. The van der Waals surface area contributed by atoms with E-state index in [9.17, 15) is 20.2 Å². The Balaban J connectivity index is 1.47. The van der Waals surface area contributed by atoms with Crippen LogP contribution in [0.1, 0.15) is 16.2 Å². The molecule has 0 spiro atoms. The van der Waals surface area contributed by atoms with Gasteiger partial charge in [-0.25, -0.2) is 4.98 Å². The van der Waals surface area contributed by atoms with E-state index >= 15 is 0 Å². The fourth-order valence-electron chi connectivity index (χ4n) is 3.12. The monoisotopic (exact) mass is 534 g/mol. The van der Waals surface area contributed by atoms with Crippen molar-refractivity contribution < 1.29 is 14.1 Å². The second-order valence-electron chi connectivity index (χ2n) is 7.04. The maximum Gasteiger partial charge on any atom is 0.280 e. The minimum absolute atomic E-state index is 0.103. The van der Waals surface area contributed by atoms with Gasteiger partial charge >= 0.3 is 0 Å². The smallest absolute Gasteiger partial charge is 0.280 e. The SMILES string of the molecule is N#C/C(=C\c1ccc(-c2ccccc2[N+](=O)[O-])o1)C(=O)Nc1ncc(Cc2ccc(Br)cc2)s1. The lowest BCUT2D eigenvalue weighted by atomic mass is 10.1. The van der Waals surface area contributed by atoms with E-state index in [0.717, 1.165) is 14.9 Å². The first-order valence-electron chi connectivity index (χ1n) is 9.89. The fourth-order valence-corrected chi connectivity index (χ4v) is 4.23. The number of nitro benzene ring substituents is 1. The minimum atomic E-state index is -0.629. The van der Waals surface area contributed by atoms with E-state index in [0.29, 0.717) is 17.1 Å². The molecule has 4 aromatic rings. The second-order valence-corrected chi connectivity index (χ2v) is 9.07. The Morgan fingerprint density at radius 2 is 1.97 bits per heavy atom. The molecule has 1 N–H and O–H groups in total. The highest BCUT2D eigenvalue weighted by atomic mass is 79.9. The molecule has 0 saturated heterocycles. The fraction of sp³-hybridized carbons (Fsp3) is 0.0417. The minimum Gasteiger partial charge on any atom is -0.456 e. The number of furan rings is 1. The number of para-hydroxylation sites is 1. The van der Waals surface area contributed by atoms with Gasteiger partial charge in [0.1, 0.15) is 23.2 Å². The first-order valence-corrected chi connectivity index (χ1v) is 11.5. The predicted molar refractivity (Wildman–Crippen MR) is 132 cm³/mol. The number of amides is 1. The Morgan fingerprint density at radius 1 is 1.21 bits per heavy atom. The molecule has 0 unspecified atom stereocenters. The van der Waals surface area contributed by atoms with Gasteiger partial charge < -0.3 is 4.42 Å². The number of aromatic nitrogens is 1. The number of carbonyl (C=O) groups is 1. The molecule has 0 aliphatic rings. The highest BCUT2D eigenvalue weighted by Crippen LogP contribution is 2.31. The van der Waals surface area contributed by atoms with Crippen LogP contribution in [0.25, 0.3) is 17.4 Å². The Hall–Kier alpha value is -4.07. The van der Waals surface area contributed by atoms with Crippen LogP contribution in [0.5, 0.6) is 0 Å². The van der Waals surface area contributed by atoms with Crippen LogP contribution < -0.4 is 5.32 Å². The van der Waals surface area contributed by atoms with Gasteiger partial charge in [0.25, 0.3) is 11.6 Å². The maximum absolute atomic E-state index is 12.6. The molecule has 0 radical (unpaired) electrons. The molecular weight excluding hydrogens is 520 g/mol. The van der Waals surface area contributed by atoms with Crippen LogP contribution >= 0.6 is 27.3 Å². The van der Waals surface area contributed by atoms with E-state index < -0.39 is 10.8 Å². The average Bonchev–Trinajstić information content (AvgIpc) is 3.48. The van der Waals surface area contributed by atoms with Gasteiger partial charge in [-0.2, -0.15) is 5.26 Å². The van der Waals surface area contributed by atoms with Crippen molar-refractivity contribution in [2.45, 2.75) is 6.42 Å². The molecule has 4 rings (SSSR count). The molecule has 0 atom stereocenters. The van der Waals surface area contributed by atoms with Crippen molar-refractivity contribution in [3.05, 3.63) is 103 Å². The van der Waals surface area contributed by atoms with Crippen molar-refractivity contribution in [2.24, 2.45) is 0 Å². The van der Waals surface area contributed by atoms with E-state index in [-0.39, 0.29) is 22.8 Å². The van der Waals surface area contributed by atoms with Crippen LogP contribution in [-0.4, -0.2) is 15.8 Å². The summed E-state index contributed by atoms with van der Waals surface area (Å²) in [6.07, 6.45) is 3.64. The van der Waals surface area contributed by atoms with Crippen molar-refractivity contribution >= 4 is 50.1 Å². The van der Waals surface area contributed by atoms with Gasteiger partial charge in [0.15, 0.2) is 5.13 Å². The normalized spacial score (nSPS) is 11.1. The van der Waals surface area contributed by atoms with Crippen molar-refractivity contribution in [1.82, 2.24) is 4.98 Å². The van der Waals surface area contributed by atoms with Crippen molar-refractivity contribution in [3.63, 3.8) is 0 Å². The van der Waals surface area contributed by atoms with E-state index in [1.807, 2.05) is 30.3 Å². The van der Waals surface area contributed by atoms with E-state index in [1.54, 1.807) is 30.5 Å². The standard InChI is InChI=1S/C24H15BrN4O4S/c25-17-7-5-15(6-8-17)11-19-14-27-24(34-19)28-23(30)16(13-26)12-18-9-10-22(33-18)20-3-1-2-4-21(20)29(31)32/h1-10,12,14H,11H2,(H,27,28,30)/b16-12+. The molecule has 8 nitrogen and oxygen atoms in total. The zero-order chi connectivity index (χ0) is 24.1. The molecule has 1 amide bonds. The van der Waals surface area contributed by atoms with Crippen molar-refractivity contribution in [2.75, 3.05) is 5.32 Å². The van der Waals surface area contributed by atoms with Gasteiger partial charge in [-0.05, 0) is 35.9 Å². The van der Waals surface area contributed by atoms with Crippen LogP contribution in [-0.2, 0) is 11.2 Å². The molecule has 2 aromatic heterocycles. The molecule has 2 heterocycles. The van der Waals surface area contributed by atoms with Crippen LogP contribution in [0.3, 0.4) is 0 Å². The molecular formula is C24H15BrN4O4S. The number of halogens is 1. The Kier molecular flexibility index (Phi) is 6.96. The van der Waals surface area contributed by atoms with Crippen LogP contribution in [0, 0.1) is 21.4 Å². The lowest BCUT2D eigenvalue weighted by Crippen LogP contribution is -2.13. The zero-order valence-electron chi connectivity index (χ0n) is 17.4. The molecule has 2 aromatic carbocycles. The number of carbonyl (C=O) groups excluding carboxylic acids is 1. The molecule has 168 valence electrons. The number of thiazole rings is 1. The summed E-state index contributed by atoms with van der Waals surface area (Å²) >= 11 is 4.73. The van der Waals surface area contributed by atoms with Gasteiger partial charge in [0.05, 0.1) is 10.5 Å². The summed E-state index contributed by atoms with van der Waals surface area (Å²) in [5.41, 5.74) is 1.12. The second kappa shape index (κ2) is 10.2. The summed E-state index contributed by atoms with van der Waals surface area (Å²) in [5.74, 6) is -0.153. The average molecular weight is 535 g/mol. The first kappa shape index (κ1) is 23.1. The Morgan fingerprint density at radius 3 is 2.71 bits per heavy atom. The van der Waals surface area contributed by atoms with Gasteiger partial charge in [-0.3, -0.25) is 20.2 Å². The molecule has 0 bridgehead atoms. The highest BCUT2D eigenvalue weighted by molar-refractivity contribution is 9.10. The third-order valence-electron chi connectivity index (χ3n) is 4.71. The van der Waals surface area contributed by atoms with E-state index in [2.05, 4.69) is 26.2 Å². The molecule has 0 aliphatic heterocycles. The van der Waals surface area contributed by atoms with E-state index in [4.69, 9.17) is 4.42 Å². The molecule has 0 aliphatic carbocycles. The topological polar surface area (TPSA) is 122 Å². The number of hydrogen-bond donors (Lipinski definition) is 1. The molecule has 0 saturated carbocycles. The van der Waals surface area contributed by atoms with Gasteiger partial charge in [-0.1, -0.05) is 40.2 Å².